The molecular formula is C21H23N3O2S. The minimum Gasteiger partial charge on any atom is -0.353 e. The molecule has 4 rings (SSSR count). The summed E-state index contributed by atoms with van der Waals surface area (Å²) in [7, 11) is -3.64. The van der Waals surface area contributed by atoms with Crippen molar-refractivity contribution in [1.82, 2.24) is 9.80 Å². The first-order valence-corrected chi connectivity index (χ1v) is 10.6. The molecule has 2 aliphatic heterocycles. The van der Waals surface area contributed by atoms with E-state index in [2.05, 4.69) is 38.5 Å². The largest absolute Gasteiger partial charge is 0.353 e. The van der Waals surface area contributed by atoms with E-state index in [4.69, 9.17) is 0 Å². The molecule has 1 fully saturated rings. The van der Waals surface area contributed by atoms with Gasteiger partial charge in [0.15, 0.2) is 0 Å². The van der Waals surface area contributed by atoms with Gasteiger partial charge in [-0.05, 0) is 18.1 Å². The van der Waals surface area contributed by atoms with Crippen molar-refractivity contribution < 1.29 is 8.42 Å². The summed E-state index contributed by atoms with van der Waals surface area (Å²) >= 11 is 0. The average molecular weight is 382 g/mol. The predicted molar refractivity (Wildman–Crippen MR) is 109 cm³/mol. The molecule has 0 bridgehead atoms. The normalized spacial score (nSPS) is 20.0. The first-order valence-electron chi connectivity index (χ1n) is 9.17. The molecule has 2 aromatic carbocycles. The van der Waals surface area contributed by atoms with E-state index >= 15 is 0 Å². The molecule has 0 unspecified atom stereocenters. The topological polar surface area (TPSA) is 53.0 Å². The van der Waals surface area contributed by atoms with Crippen LogP contribution in [0, 0.1) is 0 Å². The minimum atomic E-state index is -3.64. The van der Waals surface area contributed by atoms with Crippen LogP contribution in [0.3, 0.4) is 0 Å². The summed E-state index contributed by atoms with van der Waals surface area (Å²) in [5, 5.41) is 0. The maximum atomic E-state index is 12.6. The summed E-state index contributed by atoms with van der Waals surface area (Å²) in [5.41, 5.74) is 2.75. The predicted octanol–water partition coefficient (Wildman–Crippen LogP) is 2.98. The van der Waals surface area contributed by atoms with Gasteiger partial charge >= 0.3 is 0 Å². The molecule has 2 heterocycles. The molecule has 0 atom stereocenters. The summed E-state index contributed by atoms with van der Waals surface area (Å²) in [6.45, 7) is 6.12. The second-order valence-corrected chi connectivity index (χ2v) is 8.50. The standard InChI is InChI=1S/C21H23N3O2S/c1-17-20(19-10-6-3-7-11-19)27(25,26)22-21(17)24-14-12-23(13-15-24)16-18-8-4-2-5-9-18/h2-11H,12-16H2,1H3. The highest BCUT2D eigenvalue weighted by atomic mass is 32.2. The maximum absolute atomic E-state index is 12.6. The lowest BCUT2D eigenvalue weighted by Crippen LogP contribution is -2.48. The summed E-state index contributed by atoms with van der Waals surface area (Å²) in [6, 6.07) is 19.7. The molecule has 2 aromatic rings. The fourth-order valence-electron chi connectivity index (χ4n) is 3.73. The van der Waals surface area contributed by atoms with Crippen LogP contribution in [-0.2, 0) is 16.6 Å². The number of benzene rings is 2. The van der Waals surface area contributed by atoms with E-state index in [9.17, 15) is 8.42 Å². The summed E-state index contributed by atoms with van der Waals surface area (Å²) in [5.74, 6) is 0.605. The van der Waals surface area contributed by atoms with E-state index < -0.39 is 10.0 Å². The summed E-state index contributed by atoms with van der Waals surface area (Å²) < 4.78 is 29.4. The third-order valence-corrected chi connectivity index (χ3v) is 6.57. The van der Waals surface area contributed by atoms with Gasteiger partial charge in [-0.15, -0.1) is 4.40 Å². The second kappa shape index (κ2) is 7.29. The molecule has 0 spiro atoms. The highest BCUT2D eigenvalue weighted by Crippen LogP contribution is 2.33. The van der Waals surface area contributed by atoms with E-state index in [0.29, 0.717) is 16.3 Å². The van der Waals surface area contributed by atoms with Gasteiger partial charge < -0.3 is 4.90 Å². The average Bonchev–Trinajstić information content (AvgIpc) is 2.93. The Morgan fingerprint density at radius 1 is 0.889 bits per heavy atom. The van der Waals surface area contributed by atoms with Crippen LogP contribution >= 0.6 is 0 Å². The molecule has 2 aliphatic rings. The number of rotatable bonds is 3. The molecule has 27 heavy (non-hydrogen) atoms. The molecule has 0 aromatic heterocycles. The SMILES string of the molecule is CC1=C(c2ccccc2)S(=O)(=O)N=C1N1CCN(Cc2ccccc2)CC1. The Hall–Kier alpha value is -2.44. The van der Waals surface area contributed by atoms with Crippen LogP contribution in [0.2, 0.25) is 0 Å². The molecule has 0 radical (unpaired) electrons. The van der Waals surface area contributed by atoms with Crippen LogP contribution in [0.25, 0.3) is 4.91 Å². The number of sulfonamides is 1. The molecule has 1 saturated heterocycles. The Bertz CT molecular complexity index is 975. The molecule has 6 heteroatoms. The van der Waals surface area contributed by atoms with Crippen molar-refractivity contribution in [3.05, 3.63) is 77.4 Å². The van der Waals surface area contributed by atoms with Gasteiger partial charge in [0, 0.05) is 38.3 Å². The maximum Gasteiger partial charge on any atom is 0.285 e. The van der Waals surface area contributed by atoms with Crippen molar-refractivity contribution in [3.63, 3.8) is 0 Å². The van der Waals surface area contributed by atoms with Gasteiger partial charge in [0.1, 0.15) is 10.7 Å². The molecule has 0 saturated carbocycles. The number of piperazine rings is 1. The number of hydrogen-bond acceptors (Lipinski definition) is 4. The summed E-state index contributed by atoms with van der Waals surface area (Å²) in [6.07, 6.45) is 0. The van der Waals surface area contributed by atoms with Crippen LogP contribution in [0.4, 0.5) is 0 Å². The Morgan fingerprint density at radius 3 is 2.11 bits per heavy atom. The van der Waals surface area contributed by atoms with Gasteiger partial charge in [-0.2, -0.15) is 8.42 Å². The van der Waals surface area contributed by atoms with Gasteiger partial charge in [0.25, 0.3) is 10.0 Å². The zero-order chi connectivity index (χ0) is 18.9. The van der Waals surface area contributed by atoms with Gasteiger partial charge in [-0.1, -0.05) is 60.7 Å². The minimum absolute atomic E-state index is 0.338. The van der Waals surface area contributed by atoms with Crippen LogP contribution < -0.4 is 0 Å². The van der Waals surface area contributed by atoms with E-state index in [1.54, 1.807) is 0 Å². The zero-order valence-corrected chi connectivity index (χ0v) is 16.2. The zero-order valence-electron chi connectivity index (χ0n) is 15.4. The van der Waals surface area contributed by atoms with Gasteiger partial charge in [0.2, 0.25) is 0 Å². The van der Waals surface area contributed by atoms with Crippen molar-refractivity contribution in [1.29, 1.82) is 0 Å². The monoisotopic (exact) mass is 381 g/mol. The van der Waals surface area contributed by atoms with Crippen LogP contribution in [0.1, 0.15) is 18.1 Å². The Kier molecular flexibility index (Phi) is 4.85. The second-order valence-electron chi connectivity index (χ2n) is 6.96. The third-order valence-electron chi connectivity index (χ3n) is 5.10. The fraction of sp³-hybridized carbons (Fsp3) is 0.286. The fourth-order valence-corrected chi connectivity index (χ4v) is 5.22. The lowest BCUT2D eigenvalue weighted by atomic mass is 10.1. The first kappa shape index (κ1) is 17.9. The van der Waals surface area contributed by atoms with E-state index in [1.807, 2.05) is 43.3 Å². The van der Waals surface area contributed by atoms with Gasteiger partial charge in [-0.3, -0.25) is 4.90 Å². The summed E-state index contributed by atoms with van der Waals surface area (Å²) in [4.78, 5) is 4.84. The Balaban J connectivity index is 1.49. The smallest absolute Gasteiger partial charge is 0.285 e. The molecule has 0 aliphatic carbocycles. The number of nitrogens with zero attached hydrogens (tertiary/aromatic N) is 3. The molecule has 0 N–H and O–H groups in total. The van der Waals surface area contributed by atoms with Crippen molar-refractivity contribution in [2.75, 3.05) is 26.2 Å². The molecule has 0 amide bonds. The highest BCUT2D eigenvalue weighted by Gasteiger charge is 2.34. The molecule has 5 nitrogen and oxygen atoms in total. The van der Waals surface area contributed by atoms with Crippen molar-refractivity contribution in [2.24, 2.45) is 4.40 Å². The van der Waals surface area contributed by atoms with E-state index in [-0.39, 0.29) is 0 Å². The first-order chi connectivity index (χ1) is 13.0. The van der Waals surface area contributed by atoms with E-state index in [0.717, 1.165) is 38.3 Å². The van der Waals surface area contributed by atoms with Crippen molar-refractivity contribution >= 4 is 20.8 Å². The van der Waals surface area contributed by atoms with Crippen molar-refractivity contribution in [2.45, 2.75) is 13.5 Å². The van der Waals surface area contributed by atoms with Gasteiger partial charge in [-0.25, -0.2) is 0 Å². The highest BCUT2D eigenvalue weighted by molar-refractivity contribution is 8.00. The lowest BCUT2D eigenvalue weighted by Gasteiger charge is -2.36. The van der Waals surface area contributed by atoms with Crippen LogP contribution in [0.15, 0.2) is 70.6 Å². The Labute approximate surface area is 160 Å². The quantitative estimate of drug-likeness (QED) is 0.820. The number of hydrogen-bond donors (Lipinski definition) is 0. The molecule has 140 valence electrons. The molecular weight excluding hydrogens is 358 g/mol. The number of amidine groups is 1. The Morgan fingerprint density at radius 2 is 1.48 bits per heavy atom. The lowest BCUT2D eigenvalue weighted by molar-refractivity contribution is 0.176. The third kappa shape index (κ3) is 3.68. The van der Waals surface area contributed by atoms with Crippen LogP contribution in [-0.4, -0.2) is 50.2 Å². The van der Waals surface area contributed by atoms with Crippen LogP contribution in [0.5, 0.6) is 0 Å². The van der Waals surface area contributed by atoms with Crippen molar-refractivity contribution in [3.8, 4) is 0 Å². The van der Waals surface area contributed by atoms with E-state index in [1.165, 1.54) is 5.56 Å². The van der Waals surface area contributed by atoms with Gasteiger partial charge in [0.05, 0.1) is 0 Å².